The smallest absolute Gasteiger partial charge is 0.282 e. The first-order valence-corrected chi connectivity index (χ1v) is 10.3. The van der Waals surface area contributed by atoms with E-state index in [-0.39, 0.29) is 21.7 Å². The Morgan fingerprint density at radius 3 is 2.00 bits per heavy atom. The molecule has 3 rings (SSSR count). The second-order valence-corrected chi connectivity index (χ2v) is 8.08. The minimum Gasteiger partial charge on any atom is -0.282 e. The lowest BCUT2D eigenvalue weighted by atomic mass is 10.1. The van der Waals surface area contributed by atoms with Gasteiger partial charge >= 0.3 is 0 Å². The minimum atomic E-state index is -4.65. The van der Waals surface area contributed by atoms with Gasteiger partial charge in [0.05, 0.1) is 12.4 Å². The molecule has 2 N–H and O–H groups in total. The second-order valence-electron chi connectivity index (χ2n) is 5.34. The third kappa shape index (κ3) is 4.11. The molecule has 3 aromatic rings. The van der Waals surface area contributed by atoms with Gasteiger partial charge in [-0.15, -0.1) is 0 Å². The van der Waals surface area contributed by atoms with Crippen LogP contribution in [0, 0.1) is 0 Å². The molecule has 140 valence electrons. The SMILES string of the molecule is O=S(=O)(O)c1ccccc1C=Cc1cccc(-n2nccn2)c1S(=O)(=O)O. The molecule has 0 aliphatic rings. The molecule has 0 aliphatic heterocycles. The van der Waals surface area contributed by atoms with E-state index in [0.29, 0.717) is 0 Å². The molecule has 0 atom stereocenters. The highest BCUT2D eigenvalue weighted by Gasteiger charge is 2.21. The van der Waals surface area contributed by atoms with Crippen LogP contribution in [0.25, 0.3) is 17.8 Å². The van der Waals surface area contributed by atoms with Crippen molar-refractivity contribution < 1.29 is 25.9 Å². The van der Waals surface area contributed by atoms with E-state index in [9.17, 15) is 25.9 Å². The highest BCUT2D eigenvalue weighted by molar-refractivity contribution is 7.86. The zero-order valence-electron chi connectivity index (χ0n) is 13.5. The molecule has 0 bridgehead atoms. The molecule has 27 heavy (non-hydrogen) atoms. The Morgan fingerprint density at radius 1 is 0.778 bits per heavy atom. The quantitative estimate of drug-likeness (QED) is 0.483. The van der Waals surface area contributed by atoms with Gasteiger partial charge in [0.2, 0.25) is 0 Å². The molecule has 0 unspecified atom stereocenters. The van der Waals surface area contributed by atoms with E-state index in [1.165, 1.54) is 60.9 Å². The van der Waals surface area contributed by atoms with Crippen molar-refractivity contribution in [1.29, 1.82) is 0 Å². The summed E-state index contributed by atoms with van der Waals surface area (Å²) < 4.78 is 65.7. The van der Waals surface area contributed by atoms with E-state index in [4.69, 9.17) is 0 Å². The van der Waals surface area contributed by atoms with Crippen LogP contribution in [0.5, 0.6) is 0 Å². The zero-order valence-corrected chi connectivity index (χ0v) is 15.2. The minimum absolute atomic E-state index is 0.0210. The zero-order chi connectivity index (χ0) is 19.7. The average Bonchev–Trinajstić information content (AvgIpc) is 3.12. The third-order valence-electron chi connectivity index (χ3n) is 3.56. The predicted octanol–water partition coefficient (Wildman–Crippen LogP) is 1.93. The van der Waals surface area contributed by atoms with Gasteiger partial charge in [-0.25, -0.2) is 0 Å². The molecule has 0 spiro atoms. The van der Waals surface area contributed by atoms with Crippen LogP contribution >= 0.6 is 0 Å². The summed E-state index contributed by atoms with van der Waals surface area (Å²) >= 11 is 0. The van der Waals surface area contributed by atoms with Gasteiger partial charge in [-0.3, -0.25) is 9.11 Å². The van der Waals surface area contributed by atoms with E-state index in [1.807, 2.05) is 0 Å². The van der Waals surface area contributed by atoms with E-state index in [1.54, 1.807) is 6.07 Å². The number of benzene rings is 2. The van der Waals surface area contributed by atoms with Crippen molar-refractivity contribution in [3.05, 3.63) is 66.0 Å². The lowest BCUT2D eigenvalue weighted by molar-refractivity contribution is 0.480. The molecule has 0 saturated heterocycles. The summed E-state index contributed by atoms with van der Waals surface area (Å²) in [6, 6.07) is 10.0. The highest BCUT2D eigenvalue weighted by Crippen LogP contribution is 2.26. The molecule has 0 saturated carbocycles. The van der Waals surface area contributed by atoms with E-state index in [2.05, 4.69) is 10.2 Å². The molecular weight excluding hydrogens is 394 g/mol. The number of nitrogens with zero attached hydrogens (tertiary/aromatic N) is 3. The van der Waals surface area contributed by atoms with Crippen LogP contribution in [-0.4, -0.2) is 40.9 Å². The molecule has 0 fully saturated rings. The van der Waals surface area contributed by atoms with Crippen LogP contribution in [0.2, 0.25) is 0 Å². The Kier molecular flexibility index (Phi) is 4.93. The molecule has 0 radical (unpaired) electrons. The van der Waals surface area contributed by atoms with Gasteiger partial charge in [-0.2, -0.15) is 31.8 Å². The highest BCUT2D eigenvalue weighted by atomic mass is 32.2. The largest absolute Gasteiger partial charge is 0.297 e. The summed E-state index contributed by atoms with van der Waals surface area (Å²) in [5.74, 6) is 0. The molecular formula is C16H13N3O6S2. The molecule has 1 heterocycles. The standard InChI is InChI=1S/C16H13N3O6S2/c20-26(21,22)15-7-2-1-4-12(15)8-9-13-5-3-6-14(16(13)27(23,24)25)19-17-10-11-18-19/h1-11H,(H,20,21,22)(H,23,24,25). The van der Waals surface area contributed by atoms with Crippen molar-refractivity contribution in [1.82, 2.24) is 15.0 Å². The molecule has 0 amide bonds. The lowest BCUT2D eigenvalue weighted by Crippen LogP contribution is -2.09. The maximum atomic E-state index is 11.9. The van der Waals surface area contributed by atoms with E-state index < -0.39 is 25.1 Å². The predicted molar refractivity (Wildman–Crippen MR) is 96.4 cm³/mol. The van der Waals surface area contributed by atoms with Crippen LogP contribution in [0.3, 0.4) is 0 Å². The van der Waals surface area contributed by atoms with Crippen LogP contribution in [-0.2, 0) is 20.2 Å². The topological polar surface area (TPSA) is 139 Å². The third-order valence-corrected chi connectivity index (χ3v) is 5.44. The first kappa shape index (κ1) is 18.9. The Morgan fingerprint density at radius 2 is 1.37 bits per heavy atom. The van der Waals surface area contributed by atoms with Gasteiger partial charge in [0.25, 0.3) is 20.2 Å². The Bertz CT molecular complexity index is 1220. The number of aromatic nitrogens is 3. The molecule has 9 nitrogen and oxygen atoms in total. The maximum Gasteiger partial charge on any atom is 0.297 e. The monoisotopic (exact) mass is 407 g/mol. The van der Waals surface area contributed by atoms with Crippen molar-refractivity contribution in [2.24, 2.45) is 0 Å². The van der Waals surface area contributed by atoms with Gasteiger partial charge in [-0.1, -0.05) is 42.5 Å². The normalized spacial score (nSPS) is 12.5. The van der Waals surface area contributed by atoms with Crippen molar-refractivity contribution >= 4 is 32.4 Å². The Labute approximate surface area is 155 Å². The van der Waals surface area contributed by atoms with Crippen LogP contribution in [0.1, 0.15) is 11.1 Å². The van der Waals surface area contributed by atoms with Crippen molar-refractivity contribution in [3.8, 4) is 5.69 Å². The first-order chi connectivity index (χ1) is 12.7. The molecule has 0 aliphatic carbocycles. The van der Waals surface area contributed by atoms with Gasteiger partial charge in [0, 0.05) is 0 Å². The second kappa shape index (κ2) is 7.04. The average molecular weight is 407 g/mol. The van der Waals surface area contributed by atoms with Crippen molar-refractivity contribution in [2.45, 2.75) is 9.79 Å². The van der Waals surface area contributed by atoms with E-state index in [0.717, 1.165) is 4.80 Å². The fourth-order valence-electron chi connectivity index (χ4n) is 2.48. The Balaban J connectivity index is 2.18. The number of hydrogen-bond acceptors (Lipinski definition) is 6. The summed E-state index contributed by atoms with van der Waals surface area (Å²) in [5, 5.41) is 7.72. The van der Waals surface area contributed by atoms with Crippen LogP contribution in [0.15, 0.2) is 64.6 Å². The van der Waals surface area contributed by atoms with Gasteiger partial charge < -0.3 is 0 Å². The van der Waals surface area contributed by atoms with Crippen LogP contribution in [0.4, 0.5) is 0 Å². The summed E-state index contributed by atoms with van der Waals surface area (Å²) in [5.41, 5.74) is 0.245. The van der Waals surface area contributed by atoms with E-state index >= 15 is 0 Å². The van der Waals surface area contributed by atoms with Crippen molar-refractivity contribution in [3.63, 3.8) is 0 Å². The van der Waals surface area contributed by atoms with Crippen LogP contribution < -0.4 is 0 Å². The summed E-state index contributed by atoms with van der Waals surface area (Å²) in [4.78, 5) is 0.258. The fraction of sp³-hybridized carbons (Fsp3) is 0. The summed E-state index contributed by atoms with van der Waals surface area (Å²) in [7, 11) is -9.12. The molecule has 11 heteroatoms. The lowest BCUT2D eigenvalue weighted by Gasteiger charge is -2.09. The molecule has 1 aromatic heterocycles. The molecule has 2 aromatic carbocycles. The first-order valence-electron chi connectivity index (χ1n) is 7.40. The van der Waals surface area contributed by atoms with Crippen molar-refractivity contribution in [2.75, 3.05) is 0 Å². The summed E-state index contributed by atoms with van der Waals surface area (Å²) in [6.45, 7) is 0. The van der Waals surface area contributed by atoms with Gasteiger partial charge in [-0.05, 0) is 23.3 Å². The Hall–Kier alpha value is -2.86. The number of rotatable bonds is 5. The maximum absolute atomic E-state index is 11.9. The fourth-order valence-corrected chi connectivity index (χ4v) is 4.02. The van der Waals surface area contributed by atoms with Gasteiger partial charge in [0.15, 0.2) is 0 Å². The van der Waals surface area contributed by atoms with Gasteiger partial charge in [0.1, 0.15) is 15.5 Å². The number of hydrogen-bond donors (Lipinski definition) is 2. The summed E-state index contributed by atoms with van der Waals surface area (Å²) in [6.07, 6.45) is 5.31.